The van der Waals surface area contributed by atoms with Crippen LogP contribution >= 0.6 is 23.1 Å². The minimum Gasteiger partial charge on any atom is -0.360 e. The number of thiazole rings is 1. The second kappa shape index (κ2) is 8.72. The fourth-order valence-corrected chi connectivity index (χ4v) is 4.10. The first-order valence-electron chi connectivity index (χ1n) is 9.16. The monoisotopic (exact) mass is 441 g/mol. The lowest BCUT2D eigenvalue weighted by molar-refractivity contribution is -0.115. The number of nitrogens with zero attached hydrogens (tertiary/aromatic N) is 3. The molecule has 10 heteroatoms. The Bertz CT molecular complexity index is 1150. The SMILES string of the molecule is Cc1cc(NC(=O)C(C)SCC(=O)Nc2ccc(-c3cn4ccsc4n3)cc2)no1. The van der Waals surface area contributed by atoms with E-state index < -0.39 is 5.25 Å². The fourth-order valence-electron chi connectivity index (χ4n) is 2.72. The minimum absolute atomic E-state index is 0.158. The summed E-state index contributed by atoms with van der Waals surface area (Å²) in [5.41, 5.74) is 2.56. The van der Waals surface area contributed by atoms with E-state index in [2.05, 4.69) is 20.8 Å². The summed E-state index contributed by atoms with van der Waals surface area (Å²) in [5, 5.41) is 10.8. The lowest BCUT2D eigenvalue weighted by Crippen LogP contribution is -2.25. The summed E-state index contributed by atoms with van der Waals surface area (Å²) < 4.78 is 6.90. The smallest absolute Gasteiger partial charge is 0.238 e. The molecule has 8 nitrogen and oxygen atoms in total. The van der Waals surface area contributed by atoms with Crippen LogP contribution in [-0.4, -0.2) is 37.4 Å². The molecule has 0 aliphatic carbocycles. The van der Waals surface area contributed by atoms with E-state index in [0.717, 1.165) is 16.2 Å². The molecule has 2 N–H and O–H groups in total. The molecule has 0 saturated heterocycles. The van der Waals surface area contributed by atoms with Crippen molar-refractivity contribution in [3.05, 3.63) is 53.9 Å². The van der Waals surface area contributed by atoms with Crippen molar-refractivity contribution in [2.24, 2.45) is 0 Å². The van der Waals surface area contributed by atoms with Gasteiger partial charge in [0.15, 0.2) is 10.8 Å². The van der Waals surface area contributed by atoms with E-state index in [1.807, 2.05) is 46.4 Å². The number of thioether (sulfide) groups is 1. The van der Waals surface area contributed by atoms with Gasteiger partial charge in [0.2, 0.25) is 11.8 Å². The number of imidazole rings is 1. The van der Waals surface area contributed by atoms with Crippen LogP contribution in [0.5, 0.6) is 0 Å². The van der Waals surface area contributed by atoms with Crippen molar-refractivity contribution in [3.8, 4) is 11.3 Å². The third-order valence-corrected chi connectivity index (χ3v) is 6.18. The molecule has 3 heterocycles. The van der Waals surface area contributed by atoms with Crippen LogP contribution in [0.15, 0.2) is 52.6 Å². The predicted molar refractivity (Wildman–Crippen MR) is 119 cm³/mol. The molecule has 30 heavy (non-hydrogen) atoms. The summed E-state index contributed by atoms with van der Waals surface area (Å²) in [6.07, 6.45) is 3.94. The highest BCUT2D eigenvalue weighted by atomic mass is 32.2. The largest absolute Gasteiger partial charge is 0.360 e. The van der Waals surface area contributed by atoms with Gasteiger partial charge in [-0.25, -0.2) is 4.98 Å². The number of hydrogen-bond donors (Lipinski definition) is 2. The average Bonchev–Trinajstić information content (AvgIpc) is 3.43. The van der Waals surface area contributed by atoms with Crippen LogP contribution in [0.1, 0.15) is 12.7 Å². The van der Waals surface area contributed by atoms with Crippen molar-refractivity contribution in [1.29, 1.82) is 0 Å². The molecule has 1 aromatic carbocycles. The average molecular weight is 442 g/mol. The standard InChI is InChI=1S/C20H19N5O3S2/c1-12-9-17(24-28-12)23-19(27)13(2)30-11-18(26)21-15-5-3-14(4-6-15)16-10-25-7-8-29-20(25)22-16/h3-10,13H,11H2,1-2H3,(H,21,26)(H,23,24,27). The Kier molecular flexibility index (Phi) is 5.86. The maximum Gasteiger partial charge on any atom is 0.238 e. The molecule has 3 aromatic heterocycles. The molecule has 0 fully saturated rings. The zero-order valence-electron chi connectivity index (χ0n) is 16.3. The van der Waals surface area contributed by atoms with Crippen molar-refractivity contribution in [1.82, 2.24) is 14.5 Å². The van der Waals surface area contributed by atoms with Crippen LogP contribution in [0.25, 0.3) is 16.2 Å². The van der Waals surface area contributed by atoms with Gasteiger partial charge in [-0.05, 0) is 26.0 Å². The van der Waals surface area contributed by atoms with Crippen molar-refractivity contribution >= 4 is 51.4 Å². The molecule has 0 saturated carbocycles. The van der Waals surface area contributed by atoms with Gasteiger partial charge >= 0.3 is 0 Å². The molecule has 1 atom stereocenters. The Labute approximate surface area is 180 Å². The number of fused-ring (bicyclic) bond motifs is 1. The Morgan fingerprint density at radius 2 is 2.07 bits per heavy atom. The second-order valence-electron chi connectivity index (χ2n) is 6.61. The molecular formula is C20H19N5O3S2. The molecule has 2 amide bonds. The summed E-state index contributed by atoms with van der Waals surface area (Å²) in [6, 6.07) is 9.16. The van der Waals surface area contributed by atoms with Crippen molar-refractivity contribution < 1.29 is 14.1 Å². The minimum atomic E-state index is -0.412. The molecule has 0 spiro atoms. The third-order valence-electron chi connectivity index (χ3n) is 4.27. The molecule has 1 unspecified atom stereocenters. The van der Waals surface area contributed by atoms with Gasteiger partial charge in [-0.3, -0.25) is 14.0 Å². The van der Waals surface area contributed by atoms with Gasteiger partial charge in [-0.15, -0.1) is 23.1 Å². The number of nitrogens with one attached hydrogen (secondary N) is 2. The number of anilines is 2. The van der Waals surface area contributed by atoms with E-state index in [9.17, 15) is 9.59 Å². The molecule has 0 radical (unpaired) electrons. The Hall–Kier alpha value is -3.11. The summed E-state index contributed by atoms with van der Waals surface area (Å²) >= 11 is 2.83. The molecule has 0 aliphatic heterocycles. The number of carbonyl (C=O) groups is 2. The first-order valence-corrected chi connectivity index (χ1v) is 11.1. The van der Waals surface area contributed by atoms with Gasteiger partial charge in [0, 0.05) is 35.1 Å². The van der Waals surface area contributed by atoms with Crippen LogP contribution < -0.4 is 10.6 Å². The first kappa shape index (κ1) is 20.2. The van der Waals surface area contributed by atoms with Crippen molar-refractivity contribution in [2.45, 2.75) is 19.1 Å². The Morgan fingerprint density at radius 3 is 2.77 bits per heavy atom. The second-order valence-corrected chi connectivity index (χ2v) is 8.81. The molecule has 154 valence electrons. The quantitative estimate of drug-likeness (QED) is 0.448. The summed E-state index contributed by atoms with van der Waals surface area (Å²) in [5.74, 6) is 0.735. The number of aryl methyl sites for hydroxylation is 1. The lowest BCUT2D eigenvalue weighted by Gasteiger charge is -2.10. The topological polar surface area (TPSA) is 102 Å². The van der Waals surface area contributed by atoms with Gasteiger partial charge < -0.3 is 15.2 Å². The van der Waals surface area contributed by atoms with Crippen LogP contribution in [-0.2, 0) is 9.59 Å². The van der Waals surface area contributed by atoms with Crippen LogP contribution in [0.2, 0.25) is 0 Å². The van der Waals surface area contributed by atoms with Crippen LogP contribution in [0.4, 0.5) is 11.5 Å². The van der Waals surface area contributed by atoms with Gasteiger partial charge in [-0.1, -0.05) is 17.3 Å². The molecular weight excluding hydrogens is 422 g/mol. The summed E-state index contributed by atoms with van der Waals surface area (Å²) in [7, 11) is 0. The summed E-state index contributed by atoms with van der Waals surface area (Å²) in [4.78, 5) is 29.9. The van der Waals surface area contributed by atoms with Gasteiger partial charge in [-0.2, -0.15) is 0 Å². The number of amides is 2. The van der Waals surface area contributed by atoms with Gasteiger partial charge in [0.05, 0.1) is 16.7 Å². The van der Waals surface area contributed by atoms with E-state index in [1.165, 1.54) is 11.8 Å². The maximum atomic E-state index is 12.2. The van der Waals surface area contributed by atoms with E-state index in [0.29, 0.717) is 17.3 Å². The van der Waals surface area contributed by atoms with Gasteiger partial charge in [0.25, 0.3) is 0 Å². The van der Waals surface area contributed by atoms with Crippen molar-refractivity contribution in [2.75, 3.05) is 16.4 Å². The van der Waals surface area contributed by atoms with E-state index in [4.69, 9.17) is 4.52 Å². The van der Waals surface area contributed by atoms with E-state index >= 15 is 0 Å². The maximum absolute atomic E-state index is 12.2. The fraction of sp³-hybridized carbons (Fsp3) is 0.200. The zero-order chi connectivity index (χ0) is 21.1. The van der Waals surface area contributed by atoms with Crippen LogP contribution in [0, 0.1) is 6.92 Å². The Balaban J connectivity index is 1.27. The first-order chi connectivity index (χ1) is 14.5. The highest BCUT2D eigenvalue weighted by Crippen LogP contribution is 2.23. The number of aromatic nitrogens is 3. The van der Waals surface area contributed by atoms with E-state index in [1.54, 1.807) is 31.3 Å². The molecule has 0 bridgehead atoms. The molecule has 0 aliphatic rings. The van der Waals surface area contributed by atoms with Gasteiger partial charge in [0.1, 0.15) is 5.76 Å². The molecule has 4 rings (SSSR count). The van der Waals surface area contributed by atoms with Crippen LogP contribution in [0.3, 0.4) is 0 Å². The van der Waals surface area contributed by atoms with Crippen molar-refractivity contribution in [3.63, 3.8) is 0 Å². The number of hydrogen-bond acceptors (Lipinski definition) is 7. The lowest BCUT2D eigenvalue weighted by atomic mass is 10.1. The zero-order valence-corrected chi connectivity index (χ0v) is 17.9. The van der Waals surface area contributed by atoms with E-state index in [-0.39, 0.29) is 17.6 Å². The number of rotatable bonds is 7. The predicted octanol–water partition coefficient (Wildman–Crippen LogP) is 4.06. The normalized spacial score (nSPS) is 12.1. The number of carbonyl (C=O) groups excluding carboxylic acids is 2. The Morgan fingerprint density at radius 1 is 1.27 bits per heavy atom. The highest BCUT2D eigenvalue weighted by Gasteiger charge is 2.17. The molecule has 4 aromatic rings. The third kappa shape index (κ3) is 4.71. The number of benzene rings is 1. The highest BCUT2D eigenvalue weighted by molar-refractivity contribution is 8.01. The summed E-state index contributed by atoms with van der Waals surface area (Å²) in [6.45, 7) is 3.49.